The van der Waals surface area contributed by atoms with Crippen LogP contribution in [0.2, 0.25) is 0 Å². The number of carbonyl (C=O) groups excluding carboxylic acids is 1. The minimum atomic E-state index is 0.0306. The van der Waals surface area contributed by atoms with Crippen LogP contribution < -0.4 is 0 Å². The van der Waals surface area contributed by atoms with E-state index in [1.54, 1.807) is 6.08 Å². The van der Waals surface area contributed by atoms with Gasteiger partial charge in [0.2, 0.25) is 0 Å². The molecule has 1 aliphatic carbocycles. The molecular formula is C15H22N2O3. The fourth-order valence-electron chi connectivity index (χ4n) is 2.97. The molecule has 0 amide bonds. The average molecular weight is 278 g/mol. The van der Waals surface area contributed by atoms with Gasteiger partial charge in [-0.25, -0.2) is 0 Å². The van der Waals surface area contributed by atoms with E-state index in [1.165, 1.54) is 0 Å². The Morgan fingerprint density at radius 3 is 2.90 bits per heavy atom. The zero-order chi connectivity index (χ0) is 13.9. The molecular weight excluding hydrogens is 256 g/mol. The van der Waals surface area contributed by atoms with E-state index in [0.717, 1.165) is 57.3 Å². The first-order valence-electron chi connectivity index (χ1n) is 7.42. The maximum absolute atomic E-state index is 11.4. The maximum Gasteiger partial charge on any atom is 0.169 e. The predicted molar refractivity (Wildman–Crippen MR) is 74.9 cm³/mol. The second kappa shape index (κ2) is 5.97. The van der Waals surface area contributed by atoms with Gasteiger partial charge in [-0.1, -0.05) is 0 Å². The third-order valence-corrected chi connectivity index (χ3v) is 4.06. The first-order valence-corrected chi connectivity index (χ1v) is 7.42. The van der Waals surface area contributed by atoms with Crippen LogP contribution in [0.25, 0.3) is 0 Å². The van der Waals surface area contributed by atoms with Crippen molar-refractivity contribution in [1.82, 2.24) is 9.80 Å². The number of carbonyl (C=O) groups is 1. The summed E-state index contributed by atoms with van der Waals surface area (Å²) in [5.74, 6) is 0.881. The number of allylic oxidation sites excluding steroid dienone is 2. The summed E-state index contributed by atoms with van der Waals surface area (Å²) in [6.45, 7) is 7.88. The van der Waals surface area contributed by atoms with E-state index in [2.05, 4.69) is 9.80 Å². The standard InChI is InChI=1S/C15H22N2O3/c1-12-17(6-2-5-16-7-9-19-10-8-16)14-4-3-13(18)11-15(14)20-12/h4,11-12H,2-3,5-10H2,1H3. The Labute approximate surface area is 119 Å². The van der Waals surface area contributed by atoms with Crippen LogP contribution in [-0.4, -0.2) is 61.2 Å². The van der Waals surface area contributed by atoms with Crippen molar-refractivity contribution in [3.05, 3.63) is 23.6 Å². The molecule has 0 N–H and O–H groups in total. The zero-order valence-electron chi connectivity index (χ0n) is 12.0. The van der Waals surface area contributed by atoms with Crippen molar-refractivity contribution < 1.29 is 14.3 Å². The van der Waals surface area contributed by atoms with Crippen molar-refractivity contribution in [2.75, 3.05) is 39.4 Å². The Hall–Kier alpha value is -1.33. The molecule has 0 aromatic carbocycles. The van der Waals surface area contributed by atoms with E-state index < -0.39 is 0 Å². The normalized spacial score (nSPS) is 26.9. The summed E-state index contributed by atoms with van der Waals surface area (Å²) < 4.78 is 11.1. The molecule has 3 aliphatic rings. The summed E-state index contributed by atoms with van der Waals surface area (Å²) in [6.07, 6.45) is 5.26. The molecule has 2 fully saturated rings. The molecule has 0 spiro atoms. The van der Waals surface area contributed by atoms with Crippen molar-refractivity contribution in [2.45, 2.75) is 26.0 Å². The fraction of sp³-hybridized carbons (Fsp3) is 0.667. The molecule has 1 unspecified atom stereocenters. The molecule has 0 bridgehead atoms. The molecule has 2 aliphatic heterocycles. The van der Waals surface area contributed by atoms with Gasteiger partial charge in [0.05, 0.1) is 18.9 Å². The number of hydrogen-bond acceptors (Lipinski definition) is 5. The average Bonchev–Trinajstić information content (AvgIpc) is 2.75. The van der Waals surface area contributed by atoms with E-state index in [4.69, 9.17) is 9.47 Å². The van der Waals surface area contributed by atoms with Gasteiger partial charge < -0.3 is 14.4 Å². The minimum absolute atomic E-state index is 0.0306. The van der Waals surface area contributed by atoms with Crippen LogP contribution in [-0.2, 0) is 14.3 Å². The minimum Gasteiger partial charge on any atom is -0.469 e. The van der Waals surface area contributed by atoms with Crippen molar-refractivity contribution in [3.63, 3.8) is 0 Å². The number of rotatable bonds is 4. The lowest BCUT2D eigenvalue weighted by Gasteiger charge is -2.28. The zero-order valence-corrected chi connectivity index (χ0v) is 12.0. The highest BCUT2D eigenvalue weighted by atomic mass is 16.5. The summed E-state index contributed by atoms with van der Waals surface area (Å²) >= 11 is 0. The second-order valence-electron chi connectivity index (χ2n) is 5.49. The van der Waals surface area contributed by atoms with Gasteiger partial charge in [0.15, 0.2) is 12.0 Å². The number of ether oxygens (including phenoxy) is 2. The van der Waals surface area contributed by atoms with Gasteiger partial charge in [-0.15, -0.1) is 0 Å². The molecule has 2 saturated heterocycles. The van der Waals surface area contributed by atoms with E-state index in [0.29, 0.717) is 6.42 Å². The van der Waals surface area contributed by atoms with Crippen molar-refractivity contribution >= 4 is 5.78 Å². The Morgan fingerprint density at radius 2 is 2.10 bits per heavy atom. The van der Waals surface area contributed by atoms with Gasteiger partial charge in [0, 0.05) is 38.7 Å². The first kappa shape index (κ1) is 13.6. The van der Waals surface area contributed by atoms with E-state index in [1.807, 2.05) is 13.0 Å². The molecule has 0 saturated carbocycles. The van der Waals surface area contributed by atoms with Gasteiger partial charge >= 0.3 is 0 Å². The van der Waals surface area contributed by atoms with E-state index in [9.17, 15) is 4.79 Å². The lowest BCUT2D eigenvalue weighted by Crippen LogP contribution is -2.38. The van der Waals surface area contributed by atoms with Gasteiger partial charge in [0.25, 0.3) is 0 Å². The van der Waals surface area contributed by atoms with Crippen LogP contribution in [0.15, 0.2) is 23.6 Å². The summed E-state index contributed by atoms with van der Waals surface area (Å²) in [5, 5.41) is 0. The van der Waals surface area contributed by atoms with Gasteiger partial charge in [-0.2, -0.15) is 0 Å². The molecule has 2 heterocycles. The molecule has 20 heavy (non-hydrogen) atoms. The predicted octanol–water partition coefficient (Wildman–Crippen LogP) is 1.13. The van der Waals surface area contributed by atoms with Gasteiger partial charge in [-0.05, 0) is 19.4 Å². The molecule has 0 aromatic heterocycles. The Bertz CT molecular complexity index is 438. The van der Waals surface area contributed by atoms with Gasteiger partial charge in [-0.3, -0.25) is 9.69 Å². The first-order chi connectivity index (χ1) is 9.74. The third kappa shape index (κ3) is 2.88. The molecule has 5 heteroatoms. The highest BCUT2D eigenvalue weighted by Gasteiger charge is 2.32. The fourth-order valence-corrected chi connectivity index (χ4v) is 2.97. The van der Waals surface area contributed by atoms with Crippen LogP contribution >= 0.6 is 0 Å². The SMILES string of the molecule is CC1OC2=CC(=O)CC=C2N1CCCN1CCOCC1. The van der Waals surface area contributed by atoms with Crippen LogP contribution in [0, 0.1) is 0 Å². The molecule has 3 rings (SSSR count). The number of morpholine rings is 1. The van der Waals surface area contributed by atoms with Crippen LogP contribution in [0.5, 0.6) is 0 Å². The number of nitrogens with zero attached hydrogens (tertiary/aromatic N) is 2. The smallest absolute Gasteiger partial charge is 0.169 e. The lowest BCUT2D eigenvalue weighted by molar-refractivity contribution is -0.114. The molecule has 110 valence electrons. The maximum atomic E-state index is 11.4. The quantitative estimate of drug-likeness (QED) is 0.771. The summed E-state index contributed by atoms with van der Waals surface area (Å²) in [6, 6.07) is 0. The Balaban J connectivity index is 1.52. The van der Waals surface area contributed by atoms with Crippen LogP contribution in [0.1, 0.15) is 19.8 Å². The number of hydrogen-bond donors (Lipinski definition) is 0. The van der Waals surface area contributed by atoms with Crippen molar-refractivity contribution in [1.29, 1.82) is 0 Å². The third-order valence-electron chi connectivity index (χ3n) is 4.06. The van der Waals surface area contributed by atoms with Crippen LogP contribution in [0.3, 0.4) is 0 Å². The largest absolute Gasteiger partial charge is 0.469 e. The molecule has 5 nitrogen and oxygen atoms in total. The number of fused-ring (bicyclic) bond motifs is 1. The van der Waals surface area contributed by atoms with Gasteiger partial charge in [0.1, 0.15) is 5.76 Å². The molecule has 0 aromatic rings. The monoisotopic (exact) mass is 278 g/mol. The highest BCUT2D eigenvalue weighted by Crippen LogP contribution is 2.32. The summed E-state index contributed by atoms with van der Waals surface area (Å²) in [7, 11) is 0. The van der Waals surface area contributed by atoms with E-state index in [-0.39, 0.29) is 12.0 Å². The van der Waals surface area contributed by atoms with Crippen molar-refractivity contribution in [3.8, 4) is 0 Å². The topological polar surface area (TPSA) is 42.0 Å². The Morgan fingerprint density at radius 1 is 1.30 bits per heavy atom. The van der Waals surface area contributed by atoms with Crippen molar-refractivity contribution in [2.24, 2.45) is 0 Å². The second-order valence-corrected chi connectivity index (χ2v) is 5.49. The highest BCUT2D eigenvalue weighted by molar-refractivity contribution is 5.93. The Kier molecular flexibility index (Phi) is 4.08. The molecule has 0 radical (unpaired) electrons. The lowest BCUT2D eigenvalue weighted by atomic mass is 10.1. The molecule has 1 atom stereocenters. The van der Waals surface area contributed by atoms with E-state index >= 15 is 0 Å². The summed E-state index contributed by atoms with van der Waals surface area (Å²) in [5.41, 5.74) is 1.10. The summed E-state index contributed by atoms with van der Waals surface area (Å²) in [4.78, 5) is 16.1. The number of ketones is 1. The van der Waals surface area contributed by atoms with Crippen LogP contribution in [0.4, 0.5) is 0 Å².